The molecule has 158 valence electrons. The lowest BCUT2D eigenvalue weighted by Crippen LogP contribution is -2.30. The Labute approximate surface area is 185 Å². The maximum atomic E-state index is 13.5. The first-order valence-corrected chi connectivity index (χ1v) is 10.0. The highest BCUT2D eigenvalue weighted by atomic mass is 35.5. The predicted molar refractivity (Wildman–Crippen MR) is 118 cm³/mol. The fraction of sp³-hybridized carbons (Fsp3) is 0.0870. The molecule has 2 aromatic carbocycles. The van der Waals surface area contributed by atoms with Gasteiger partial charge >= 0.3 is 0 Å². The smallest absolute Gasteiger partial charge is 0.296 e. The maximum absolute atomic E-state index is 13.5. The molecule has 0 spiro atoms. The number of carbonyl (C=O) groups is 1. The number of non-ortho nitro benzene ring substituents is 1. The number of hydrogen-bond acceptors (Lipinski definition) is 6. The molecule has 3 heterocycles. The summed E-state index contributed by atoms with van der Waals surface area (Å²) >= 11 is 6.23. The van der Waals surface area contributed by atoms with Crippen molar-refractivity contribution in [1.82, 2.24) is 4.98 Å². The average Bonchev–Trinajstić information content (AvgIpc) is 3.08. The summed E-state index contributed by atoms with van der Waals surface area (Å²) in [5, 5.41) is 11.7. The van der Waals surface area contributed by atoms with Crippen molar-refractivity contribution in [3.63, 3.8) is 0 Å². The van der Waals surface area contributed by atoms with Gasteiger partial charge in [0.25, 0.3) is 11.6 Å². The van der Waals surface area contributed by atoms with Gasteiger partial charge in [-0.3, -0.25) is 24.6 Å². The van der Waals surface area contributed by atoms with Crippen LogP contribution in [0.25, 0.3) is 11.0 Å². The van der Waals surface area contributed by atoms with Gasteiger partial charge in [-0.25, -0.2) is 4.98 Å². The molecule has 0 aliphatic carbocycles. The Hall–Kier alpha value is -4.04. The van der Waals surface area contributed by atoms with Crippen LogP contribution in [0.4, 0.5) is 11.5 Å². The number of fused-ring (bicyclic) bond motifs is 2. The van der Waals surface area contributed by atoms with Gasteiger partial charge in [0.05, 0.1) is 21.9 Å². The number of halogens is 1. The number of benzene rings is 2. The summed E-state index contributed by atoms with van der Waals surface area (Å²) in [5.41, 5.74) is 1.13. The standard InChI is InChI=1S/C23H14ClN3O5/c1-12-10-17-15(11-16(12)24)21(28)19-20(13-5-7-14(8-6-13)27(30)31)26(23(29)22(19)32-17)18-4-2-3-9-25-18/h2-11,20H,1H3. The van der Waals surface area contributed by atoms with E-state index in [2.05, 4.69) is 4.98 Å². The summed E-state index contributed by atoms with van der Waals surface area (Å²) in [4.78, 5) is 43.2. The van der Waals surface area contributed by atoms with Gasteiger partial charge < -0.3 is 4.42 Å². The fourth-order valence-electron chi connectivity index (χ4n) is 3.92. The molecule has 1 aliphatic rings. The van der Waals surface area contributed by atoms with E-state index in [9.17, 15) is 19.7 Å². The van der Waals surface area contributed by atoms with Crippen LogP contribution in [-0.2, 0) is 0 Å². The molecule has 1 atom stereocenters. The fourth-order valence-corrected chi connectivity index (χ4v) is 4.08. The number of nitrogens with zero attached hydrogens (tertiary/aromatic N) is 3. The van der Waals surface area contributed by atoms with Crippen LogP contribution in [0.1, 0.15) is 33.3 Å². The van der Waals surface area contributed by atoms with Crippen molar-refractivity contribution in [2.45, 2.75) is 13.0 Å². The first-order chi connectivity index (χ1) is 15.4. The van der Waals surface area contributed by atoms with Crippen molar-refractivity contribution in [2.24, 2.45) is 0 Å². The zero-order chi connectivity index (χ0) is 22.6. The number of pyridine rings is 1. The number of nitro benzene ring substituents is 1. The molecule has 2 aromatic heterocycles. The van der Waals surface area contributed by atoms with E-state index >= 15 is 0 Å². The van der Waals surface area contributed by atoms with Gasteiger partial charge in [0.2, 0.25) is 5.76 Å². The highest BCUT2D eigenvalue weighted by Gasteiger charge is 2.44. The van der Waals surface area contributed by atoms with E-state index in [0.717, 1.165) is 0 Å². The number of aryl methyl sites for hydroxylation is 1. The summed E-state index contributed by atoms with van der Waals surface area (Å²) in [7, 11) is 0. The SMILES string of the molecule is Cc1cc2oc3c(c(=O)c2cc1Cl)C(c1ccc([N+](=O)[O-])cc1)N(c1ccccn1)C3=O. The molecular formula is C23H14ClN3O5. The monoisotopic (exact) mass is 447 g/mol. The van der Waals surface area contributed by atoms with Crippen LogP contribution in [0.15, 0.2) is 70.0 Å². The highest BCUT2D eigenvalue weighted by molar-refractivity contribution is 6.32. The van der Waals surface area contributed by atoms with Crippen molar-refractivity contribution < 1.29 is 14.1 Å². The molecule has 0 saturated carbocycles. The number of carbonyl (C=O) groups excluding carboxylic acids is 1. The summed E-state index contributed by atoms with van der Waals surface area (Å²) in [5.74, 6) is -0.281. The lowest BCUT2D eigenvalue weighted by molar-refractivity contribution is -0.384. The van der Waals surface area contributed by atoms with Crippen LogP contribution in [0.5, 0.6) is 0 Å². The molecular weight excluding hydrogens is 434 g/mol. The summed E-state index contributed by atoms with van der Waals surface area (Å²) in [6, 6.07) is 13.1. The molecule has 1 aliphatic heterocycles. The molecule has 0 bridgehead atoms. The van der Waals surface area contributed by atoms with Crippen LogP contribution >= 0.6 is 11.6 Å². The largest absolute Gasteiger partial charge is 0.450 e. The van der Waals surface area contributed by atoms with Gasteiger partial charge in [-0.1, -0.05) is 17.7 Å². The van der Waals surface area contributed by atoms with E-state index in [1.807, 2.05) is 0 Å². The normalized spacial score (nSPS) is 15.2. The van der Waals surface area contributed by atoms with Gasteiger partial charge in [-0.15, -0.1) is 0 Å². The Balaban J connectivity index is 1.80. The molecule has 1 amide bonds. The van der Waals surface area contributed by atoms with Crippen molar-refractivity contribution >= 4 is 40.0 Å². The number of aromatic nitrogens is 1. The molecule has 8 nitrogen and oxygen atoms in total. The van der Waals surface area contributed by atoms with Gasteiger partial charge in [0.1, 0.15) is 11.4 Å². The highest BCUT2D eigenvalue weighted by Crippen LogP contribution is 2.41. The van der Waals surface area contributed by atoms with Crippen molar-refractivity contribution in [3.8, 4) is 0 Å². The molecule has 0 fully saturated rings. The maximum Gasteiger partial charge on any atom is 0.296 e. The number of rotatable bonds is 3. The number of hydrogen-bond donors (Lipinski definition) is 0. The molecule has 4 aromatic rings. The second kappa shape index (κ2) is 7.28. The van der Waals surface area contributed by atoms with Crippen molar-refractivity contribution in [1.29, 1.82) is 0 Å². The Morgan fingerprint density at radius 3 is 2.53 bits per heavy atom. The van der Waals surface area contributed by atoms with E-state index in [1.54, 1.807) is 31.2 Å². The van der Waals surface area contributed by atoms with Gasteiger partial charge in [-0.2, -0.15) is 0 Å². The Morgan fingerprint density at radius 2 is 1.88 bits per heavy atom. The molecule has 1 unspecified atom stereocenters. The molecule has 0 N–H and O–H groups in total. The van der Waals surface area contributed by atoms with E-state index in [0.29, 0.717) is 22.0 Å². The summed E-state index contributed by atoms with van der Waals surface area (Å²) in [6.07, 6.45) is 1.54. The molecule has 9 heteroatoms. The third-order valence-electron chi connectivity index (χ3n) is 5.47. The minimum atomic E-state index is -0.867. The lowest BCUT2D eigenvalue weighted by atomic mass is 9.98. The minimum Gasteiger partial charge on any atom is -0.450 e. The van der Waals surface area contributed by atoms with Gasteiger partial charge in [0, 0.05) is 23.4 Å². The number of nitro groups is 1. The second-order valence-electron chi connectivity index (χ2n) is 7.39. The predicted octanol–water partition coefficient (Wildman–Crippen LogP) is 4.81. The first kappa shape index (κ1) is 19.9. The van der Waals surface area contributed by atoms with Crippen LogP contribution in [-0.4, -0.2) is 15.8 Å². The summed E-state index contributed by atoms with van der Waals surface area (Å²) in [6.45, 7) is 1.77. The number of amides is 1. The third-order valence-corrected chi connectivity index (χ3v) is 5.87. The molecule has 0 saturated heterocycles. The second-order valence-corrected chi connectivity index (χ2v) is 7.79. The van der Waals surface area contributed by atoms with Crippen LogP contribution in [0.2, 0.25) is 5.02 Å². The molecule has 32 heavy (non-hydrogen) atoms. The quantitative estimate of drug-likeness (QED) is 0.329. The minimum absolute atomic E-state index is 0.0850. The van der Waals surface area contributed by atoms with Gasteiger partial charge in [-0.05, 0) is 54.4 Å². The third kappa shape index (κ3) is 2.96. The van der Waals surface area contributed by atoms with Crippen molar-refractivity contribution in [2.75, 3.05) is 4.90 Å². The lowest BCUT2D eigenvalue weighted by Gasteiger charge is -2.24. The first-order valence-electron chi connectivity index (χ1n) is 9.62. The molecule has 5 rings (SSSR count). The van der Waals surface area contributed by atoms with Gasteiger partial charge in [0.15, 0.2) is 5.43 Å². The van der Waals surface area contributed by atoms with Crippen LogP contribution in [0, 0.1) is 17.0 Å². The van der Waals surface area contributed by atoms with E-state index in [1.165, 1.54) is 41.4 Å². The zero-order valence-corrected chi connectivity index (χ0v) is 17.4. The average molecular weight is 448 g/mol. The Bertz CT molecular complexity index is 1470. The van der Waals surface area contributed by atoms with Crippen LogP contribution in [0.3, 0.4) is 0 Å². The molecule has 0 radical (unpaired) electrons. The van der Waals surface area contributed by atoms with E-state index in [4.69, 9.17) is 16.0 Å². The summed E-state index contributed by atoms with van der Waals surface area (Å²) < 4.78 is 5.91. The Kier molecular flexibility index (Phi) is 4.53. The zero-order valence-electron chi connectivity index (χ0n) is 16.6. The van der Waals surface area contributed by atoms with E-state index in [-0.39, 0.29) is 28.0 Å². The van der Waals surface area contributed by atoms with Crippen molar-refractivity contribution in [3.05, 3.63) is 109 Å². The Morgan fingerprint density at radius 1 is 1.12 bits per heavy atom. The van der Waals surface area contributed by atoms with Crippen LogP contribution < -0.4 is 10.3 Å². The topological polar surface area (TPSA) is 107 Å². The number of anilines is 1. The van der Waals surface area contributed by atoms with E-state index < -0.39 is 22.3 Å².